The van der Waals surface area contributed by atoms with E-state index >= 15 is 0 Å². The summed E-state index contributed by atoms with van der Waals surface area (Å²) in [7, 11) is 1.68. The van der Waals surface area contributed by atoms with Crippen molar-refractivity contribution >= 4 is 23.4 Å². The van der Waals surface area contributed by atoms with Crippen LogP contribution in [0, 0.1) is 0 Å². The summed E-state index contributed by atoms with van der Waals surface area (Å²) in [4.78, 5) is 4.25. The summed E-state index contributed by atoms with van der Waals surface area (Å²) in [5, 5.41) is 1.68. The molecule has 0 saturated carbocycles. The van der Waals surface area contributed by atoms with E-state index in [1.807, 2.05) is 24.3 Å². The van der Waals surface area contributed by atoms with Crippen molar-refractivity contribution in [1.29, 1.82) is 0 Å². The highest BCUT2D eigenvalue weighted by molar-refractivity contribution is 7.99. The third-order valence-corrected chi connectivity index (χ3v) is 3.67. The lowest BCUT2D eigenvalue weighted by molar-refractivity contribution is 0.414. The molecule has 0 amide bonds. The minimum absolute atomic E-state index is 0.675. The molecule has 0 saturated heterocycles. The van der Waals surface area contributed by atoms with Crippen LogP contribution in [0.15, 0.2) is 47.6 Å². The fraction of sp³-hybridized carbons (Fsp3) is 0.214. The Hall–Kier alpha value is -1.19. The van der Waals surface area contributed by atoms with Gasteiger partial charge in [0.2, 0.25) is 0 Å². The van der Waals surface area contributed by atoms with Gasteiger partial charge >= 0.3 is 0 Å². The quantitative estimate of drug-likeness (QED) is 0.770. The Balaban J connectivity index is 1.82. The lowest BCUT2D eigenvalue weighted by atomic mass is 10.2. The number of benzene rings is 1. The molecule has 0 aliphatic carbocycles. The average molecular weight is 280 g/mol. The summed E-state index contributed by atoms with van der Waals surface area (Å²) in [6.07, 6.45) is 2.69. The molecule has 0 N–H and O–H groups in total. The predicted octanol–water partition coefficient (Wildman–Crippen LogP) is 4.08. The molecule has 0 spiro atoms. The Morgan fingerprint density at radius 3 is 2.56 bits per heavy atom. The number of hydrogen-bond donors (Lipinski definition) is 0. The molecular formula is C14H14ClNOS. The Kier molecular flexibility index (Phi) is 4.90. The fourth-order valence-corrected chi connectivity index (χ4v) is 2.46. The van der Waals surface area contributed by atoms with Crippen LogP contribution in [-0.2, 0) is 6.42 Å². The second kappa shape index (κ2) is 6.66. The number of hydrogen-bond acceptors (Lipinski definition) is 3. The first-order chi connectivity index (χ1) is 8.78. The number of aromatic nitrogens is 1. The van der Waals surface area contributed by atoms with Gasteiger partial charge < -0.3 is 4.74 Å². The molecule has 0 aliphatic rings. The second-order valence-electron chi connectivity index (χ2n) is 3.76. The van der Waals surface area contributed by atoms with Crippen molar-refractivity contribution in [3.8, 4) is 5.75 Å². The van der Waals surface area contributed by atoms with Gasteiger partial charge in [-0.2, -0.15) is 0 Å². The van der Waals surface area contributed by atoms with Gasteiger partial charge in [-0.1, -0.05) is 23.7 Å². The summed E-state index contributed by atoms with van der Waals surface area (Å²) < 4.78 is 5.13. The maximum Gasteiger partial charge on any atom is 0.118 e. The Bertz CT molecular complexity index is 484. The van der Waals surface area contributed by atoms with Crippen LogP contribution in [-0.4, -0.2) is 17.8 Å². The SMILES string of the molecule is COc1ccc(CCSc2ccc(Cl)cn2)cc1. The Labute approximate surface area is 116 Å². The Morgan fingerprint density at radius 2 is 1.94 bits per heavy atom. The molecule has 1 heterocycles. The maximum absolute atomic E-state index is 5.79. The van der Waals surface area contributed by atoms with E-state index in [1.54, 1.807) is 25.1 Å². The van der Waals surface area contributed by atoms with E-state index in [0.29, 0.717) is 5.02 Å². The molecule has 2 aromatic rings. The van der Waals surface area contributed by atoms with Crippen molar-refractivity contribution in [2.24, 2.45) is 0 Å². The molecule has 18 heavy (non-hydrogen) atoms. The van der Waals surface area contributed by atoms with Gasteiger partial charge in [0.1, 0.15) is 5.75 Å². The third kappa shape index (κ3) is 3.93. The monoisotopic (exact) mass is 279 g/mol. The smallest absolute Gasteiger partial charge is 0.118 e. The molecule has 0 atom stereocenters. The van der Waals surface area contributed by atoms with Crippen LogP contribution in [0.25, 0.3) is 0 Å². The normalized spacial score (nSPS) is 10.3. The second-order valence-corrected chi connectivity index (χ2v) is 5.31. The summed E-state index contributed by atoms with van der Waals surface area (Å²) in [5.41, 5.74) is 1.30. The third-order valence-electron chi connectivity index (χ3n) is 2.50. The molecule has 0 fully saturated rings. The van der Waals surface area contributed by atoms with Crippen molar-refractivity contribution in [2.45, 2.75) is 11.4 Å². The summed E-state index contributed by atoms with van der Waals surface area (Å²) in [6.45, 7) is 0. The minimum atomic E-state index is 0.675. The van der Waals surface area contributed by atoms with Gasteiger partial charge in [-0.15, -0.1) is 11.8 Å². The molecular weight excluding hydrogens is 266 g/mol. The number of halogens is 1. The van der Waals surface area contributed by atoms with E-state index < -0.39 is 0 Å². The molecule has 0 aliphatic heterocycles. The number of methoxy groups -OCH3 is 1. The standard InChI is InChI=1S/C14H14ClNOS/c1-17-13-5-2-11(3-6-13)8-9-18-14-7-4-12(15)10-16-14/h2-7,10H,8-9H2,1H3. The topological polar surface area (TPSA) is 22.1 Å². The van der Waals surface area contributed by atoms with Crippen LogP contribution < -0.4 is 4.74 Å². The van der Waals surface area contributed by atoms with E-state index in [9.17, 15) is 0 Å². The van der Waals surface area contributed by atoms with Gasteiger partial charge in [-0.25, -0.2) is 4.98 Å². The van der Waals surface area contributed by atoms with Crippen molar-refractivity contribution in [2.75, 3.05) is 12.9 Å². The molecule has 2 nitrogen and oxygen atoms in total. The summed E-state index contributed by atoms with van der Waals surface area (Å²) in [5.74, 6) is 1.90. The van der Waals surface area contributed by atoms with Crippen LogP contribution in [0.2, 0.25) is 5.02 Å². The van der Waals surface area contributed by atoms with Crippen molar-refractivity contribution in [3.63, 3.8) is 0 Å². The highest BCUT2D eigenvalue weighted by atomic mass is 35.5. The van der Waals surface area contributed by atoms with E-state index in [2.05, 4.69) is 17.1 Å². The minimum Gasteiger partial charge on any atom is -0.497 e. The molecule has 0 bridgehead atoms. The largest absolute Gasteiger partial charge is 0.497 e. The van der Waals surface area contributed by atoms with Gasteiger partial charge in [-0.3, -0.25) is 0 Å². The highest BCUT2D eigenvalue weighted by Gasteiger charge is 1.98. The Morgan fingerprint density at radius 1 is 1.17 bits per heavy atom. The van der Waals surface area contributed by atoms with Crippen LogP contribution in [0.1, 0.15) is 5.56 Å². The van der Waals surface area contributed by atoms with Crippen LogP contribution in [0.5, 0.6) is 5.75 Å². The first-order valence-electron chi connectivity index (χ1n) is 5.65. The zero-order valence-corrected chi connectivity index (χ0v) is 11.7. The average Bonchev–Trinajstić information content (AvgIpc) is 2.42. The first kappa shape index (κ1) is 13.2. The molecule has 1 aromatic heterocycles. The maximum atomic E-state index is 5.79. The zero-order chi connectivity index (χ0) is 12.8. The van der Waals surface area contributed by atoms with Gasteiger partial charge in [-0.05, 0) is 36.2 Å². The van der Waals surface area contributed by atoms with Crippen molar-refractivity contribution in [1.82, 2.24) is 4.98 Å². The van der Waals surface area contributed by atoms with E-state index in [0.717, 1.165) is 22.9 Å². The fourth-order valence-electron chi connectivity index (χ4n) is 1.51. The molecule has 1 aromatic carbocycles. The van der Waals surface area contributed by atoms with Gasteiger partial charge in [0.05, 0.1) is 17.2 Å². The molecule has 4 heteroatoms. The van der Waals surface area contributed by atoms with E-state index in [1.165, 1.54) is 5.56 Å². The molecule has 0 unspecified atom stereocenters. The van der Waals surface area contributed by atoms with Crippen LogP contribution in [0.4, 0.5) is 0 Å². The van der Waals surface area contributed by atoms with Crippen LogP contribution in [0.3, 0.4) is 0 Å². The van der Waals surface area contributed by atoms with Crippen molar-refractivity contribution < 1.29 is 4.74 Å². The molecule has 0 radical (unpaired) electrons. The predicted molar refractivity (Wildman–Crippen MR) is 76.7 cm³/mol. The lowest BCUT2D eigenvalue weighted by Crippen LogP contribution is -1.90. The number of aryl methyl sites for hydroxylation is 1. The van der Waals surface area contributed by atoms with Gasteiger partial charge in [0.15, 0.2) is 0 Å². The number of nitrogens with zero attached hydrogens (tertiary/aromatic N) is 1. The van der Waals surface area contributed by atoms with Crippen LogP contribution >= 0.6 is 23.4 Å². The first-order valence-corrected chi connectivity index (χ1v) is 7.01. The number of pyridine rings is 1. The summed E-state index contributed by atoms with van der Waals surface area (Å²) >= 11 is 7.52. The van der Waals surface area contributed by atoms with Crippen molar-refractivity contribution in [3.05, 3.63) is 53.2 Å². The summed E-state index contributed by atoms with van der Waals surface area (Å²) in [6, 6.07) is 12.0. The number of thioether (sulfide) groups is 1. The van der Waals surface area contributed by atoms with Gasteiger partial charge in [0.25, 0.3) is 0 Å². The van der Waals surface area contributed by atoms with Gasteiger partial charge in [0, 0.05) is 11.9 Å². The van der Waals surface area contributed by atoms with E-state index in [-0.39, 0.29) is 0 Å². The molecule has 94 valence electrons. The number of rotatable bonds is 5. The number of ether oxygens (including phenoxy) is 1. The zero-order valence-electron chi connectivity index (χ0n) is 10.1. The molecule has 2 rings (SSSR count). The van der Waals surface area contributed by atoms with E-state index in [4.69, 9.17) is 16.3 Å². The lowest BCUT2D eigenvalue weighted by Gasteiger charge is -2.03. The highest BCUT2D eigenvalue weighted by Crippen LogP contribution is 2.19.